The Kier molecular flexibility index (Phi) is 5.10. The number of carbonyl (C=O) groups excluding carboxylic acids is 1. The maximum absolute atomic E-state index is 13.4. The topological polar surface area (TPSA) is 68.8 Å². The van der Waals surface area contributed by atoms with Gasteiger partial charge in [-0.3, -0.25) is 4.79 Å². The van der Waals surface area contributed by atoms with Gasteiger partial charge in [0, 0.05) is 23.3 Å². The first-order chi connectivity index (χ1) is 14.4. The Bertz CT molecular complexity index is 1030. The summed E-state index contributed by atoms with van der Waals surface area (Å²) in [5, 5.41) is 7.11. The van der Waals surface area contributed by atoms with Gasteiger partial charge in [0.25, 0.3) is 0 Å². The Morgan fingerprint density at radius 2 is 1.60 bits per heavy atom. The summed E-state index contributed by atoms with van der Waals surface area (Å²) in [5.74, 6) is 1.78. The Hall–Kier alpha value is -3.15. The summed E-state index contributed by atoms with van der Waals surface area (Å²) in [6, 6.07) is 11.4. The maximum atomic E-state index is 13.4. The molecule has 158 valence electrons. The van der Waals surface area contributed by atoms with E-state index in [1.165, 1.54) is 0 Å². The molecule has 0 spiro atoms. The van der Waals surface area contributed by atoms with Crippen molar-refractivity contribution in [1.82, 2.24) is 0 Å². The van der Waals surface area contributed by atoms with Crippen LogP contribution in [0.15, 0.2) is 47.7 Å². The number of benzene rings is 2. The number of allylic oxidation sites excluding steroid dienone is 1. The maximum Gasteiger partial charge on any atom is 0.203 e. The lowest BCUT2D eigenvalue weighted by atomic mass is 9.73. The minimum absolute atomic E-state index is 0.103. The molecule has 2 N–H and O–H groups in total. The second-order valence-electron chi connectivity index (χ2n) is 8.50. The fourth-order valence-corrected chi connectivity index (χ4v) is 4.47. The standard InChI is InChI=1S/C24H28N2O4/c1-24(2)12-17-20(18(27)13-24)21(26-16-9-7-6-8-15(16)25-17)14-10-11-19(28-3)23(30-5)22(14)29-4/h6-11,21,25-26H,12-13H2,1-5H3/t21-/m1/s1. The number of hydrogen-bond acceptors (Lipinski definition) is 6. The van der Waals surface area contributed by atoms with Gasteiger partial charge in [0.2, 0.25) is 5.75 Å². The highest BCUT2D eigenvalue weighted by Gasteiger charge is 2.40. The third kappa shape index (κ3) is 3.36. The van der Waals surface area contributed by atoms with Crippen LogP contribution in [0.3, 0.4) is 0 Å². The number of methoxy groups -OCH3 is 3. The quantitative estimate of drug-likeness (QED) is 0.747. The number of fused-ring (bicyclic) bond motifs is 1. The number of anilines is 2. The van der Waals surface area contributed by atoms with E-state index in [-0.39, 0.29) is 17.2 Å². The van der Waals surface area contributed by atoms with Gasteiger partial charge in [-0.25, -0.2) is 0 Å². The summed E-state index contributed by atoms with van der Waals surface area (Å²) in [6.07, 6.45) is 1.29. The summed E-state index contributed by atoms with van der Waals surface area (Å²) in [6.45, 7) is 4.26. The zero-order chi connectivity index (χ0) is 21.5. The second-order valence-corrected chi connectivity index (χ2v) is 8.50. The van der Waals surface area contributed by atoms with Crippen molar-refractivity contribution < 1.29 is 19.0 Å². The predicted molar refractivity (Wildman–Crippen MR) is 118 cm³/mol. The molecule has 2 aromatic rings. The molecular formula is C24H28N2O4. The van der Waals surface area contributed by atoms with Gasteiger partial charge >= 0.3 is 0 Å². The Balaban J connectivity index is 1.95. The molecule has 0 saturated carbocycles. The molecule has 0 bridgehead atoms. The molecule has 6 nitrogen and oxygen atoms in total. The fraction of sp³-hybridized carbons (Fsp3) is 0.375. The van der Waals surface area contributed by atoms with E-state index in [0.29, 0.717) is 23.7 Å². The fourth-order valence-electron chi connectivity index (χ4n) is 4.47. The van der Waals surface area contributed by atoms with Crippen LogP contribution in [0.4, 0.5) is 11.4 Å². The van der Waals surface area contributed by atoms with E-state index in [4.69, 9.17) is 14.2 Å². The first kappa shape index (κ1) is 20.1. The van der Waals surface area contributed by atoms with Gasteiger partial charge in [-0.05, 0) is 36.1 Å². The van der Waals surface area contributed by atoms with Crippen molar-refractivity contribution in [2.75, 3.05) is 32.0 Å². The highest BCUT2D eigenvalue weighted by atomic mass is 16.5. The Morgan fingerprint density at radius 3 is 2.27 bits per heavy atom. The number of hydrogen-bond donors (Lipinski definition) is 2. The van der Waals surface area contributed by atoms with E-state index in [1.54, 1.807) is 21.3 Å². The van der Waals surface area contributed by atoms with Crippen LogP contribution in [-0.2, 0) is 4.79 Å². The Morgan fingerprint density at radius 1 is 0.900 bits per heavy atom. The van der Waals surface area contributed by atoms with Gasteiger partial charge in [-0.2, -0.15) is 0 Å². The van der Waals surface area contributed by atoms with Crippen molar-refractivity contribution in [2.45, 2.75) is 32.7 Å². The predicted octanol–water partition coefficient (Wildman–Crippen LogP) is 4.93. The van der Waals surface area contributed by atoms with Crippen LogP contribution in [-0.4, -0.2) is 27.1 Å². The molecule has 0 amide bonds. The van der Waals surface area contributed by atoms with E-state index in [0.717, 1.165) is 34.6 Å². The number of ether oxygens (including phenoxy) is 3. The minimum Gasteiger partial charge on any atom is -0.493 e. The molecule has 2 aliphatic rings. The van der Waals surface area contributed by atoms with E-state index in [2.05, 4.69) is 24.5 Å². The lowest BCUT2D eigenvalue weighted by molar-refractivity contribution is -0.118. The lowest BCUT2D eigenvalue weighted by Crippen LogP contribution is -2.31. The average molecular weight is 408 g/mol. The monoisotopic (exact) mass is 408 g/mol. The molecule has 0 saturated heterocycles. The highest BCUT2D eigenvalue weighted by Crippen LogP contribution is 2.49. The molecule has 6 heteroatoms. The SMILES string of the molecule is COc1ccc([C@H]2Nc3ccccc3NC3=C2C(=O)CC(C)(C)C3)c(OC)c1OC. The van der Waals surface area contributed by atoms with Crippen LogP contribution in [0.5, 0.6) is 17.2 Å². The normalized spacial score (nSPS) is 19.6. The number of carbonyl (C=O) groups is 1. The number of rotatable bonds is 4. The van der Waals surface area contributed by atoms with Crippen LogP contribution in [0.2, 0.25) is 0 Å². The van der Waals surface area contributed by atoms with Crippen molar-refractivity contribution in [3.05, 3.63) is 53.2 Å². The lowest BCUT2D eigenvalue weighted by Gasteiger charge is -2.34. The first-order valence-electron chi connectivity index (χ1n) is 10.1. The van der Waals surface area contributed by atoms with Crippen molar-refractivity contribution in [3.8, 4) is 17.2 Å². The van der Waals surface area contributed by atoms with Gasteiger partial charge in [0.05, 0.1) is 38.7 Å². The van der Waals surface area contributed by atoms with E-state index in [9.17, 15) is 4.79 Å². The van der Waals surface area contributed by atoms with Gasteiger partial charge in [-0.1, -0.05) is 26.0 Å². The molecule has 30 heavy (non-hydrogen) atoms. The van der Waals surface area contributed by atoms with Crippen LogP contribution < -0.4 is 24.8 Å². The van der Waals surface area contributed by atoms with E-state index < -0.39 is 0 Å². The third-order valence-electron chi connectivity index (χ3n) is 5.77. The van der Waals surface area contributed by atoms with Crippen molar-refractivity contribution in [1.29, 1.82) is 0 Å². The van der Waals surface area contributed by atoms with E-state index in [1.807, 2.05) is 36.4 Å². The van der Waals surface area contributed by atoms with Crippen LogP contribution in [0, 0.1) is 5.41 Å². The van der Waals surface area contributed by atoms with Gasteiger partial charge in [0.15, 0.2) is 17.3 Å². The molecule has 0 aromatic heterocycles. The number of nitrogens with one attached hydrogen (secondary N) is 2. The van der Waals surface area contributed by atoms with E-state index >= 15 is 0 Å². The zero-order valence-electron chi connectivity index (χ0n) is 18.1. The minimum atomic E-state index is -0.380. The molecule has 1 aliphatic carbocycles. The summed E-state index contributed by atoms with van der Waals surface area (Å²) in [4.78, 5) is 13.4. The second kappa shape index (κ2) is 7.59. The average Bonchev–Trinajstić information content (AvgIpc) is 2.87. The molecule has 2 aromatic carbocycles. The summed E-state index contributed by atoms with van der Waals surface area (Å²) < 4.78 is 16.8. The van der Waals surface area contributed by atoms with Crippen LogP contribution in [0.25, 0.3) is 0 Å². The Labute approximate surface area is 177 Å². The highest BCUT2D eigenvalue weighted by molar-refractivity contribution is 6.01. The smallest absolute Gasteiger partial charge is 0.203 e. The zero-order valence-corrected chi connectivity index (χ0v) is 18.1. The van der Waals surface area contributed by atoms with Crippen LogP contribution >= 0.6 is 0 Å². The van der Waals surface area contributed by atoms with Crippen molar-refractivity contribution in [2.24, 2.45) is 5.41 Å². The van der Waals surface area contributed by atoms with Crippen molar-refractivity contribution >= 4 is 17.2 Å². The molecule has 0 radical (unpaired) electrons. The third-order valence-corrected chi connectivity index (χ3v) is 5.77. The number of Topliss-reactive ketones (excluding diaryl/α,β-unsaturated/α-hetero) is 1. The van der Waals surface area contributed by atoms with Gasteiger partial charge in [0.1, 0.15) is 0 Å². The molecular weight excluding hydrogens is 380 g/mol. The number of ketones is 1. The molecule has 1 heterocycles. The summed E-state index contributed by atoms with van der Waals surface area (Å²) in [5.41, 5.74) is 4.31. The molecule has 0 fully saturated rings. The molecule has 1 aliphatic heterocycles. The summed E-state index contributed by atoms with van der Waals surface area (Å²) >= 11 is 0. The van der Waals surface area contributed by atoms with Crippen LogP contribution in [0.1, 0.15) is 38.3 Å². The molecule has 4 rings (SSSR count). The first-order valence-corrected chi connectivity index (χ1v) is 10.1. The van der Waals surface area contributed by atoms with Gasteiger partial charge in [-0.15, -0.1) is 0 Å². The summed E-state index contributed by atoms with van der Waals surface area (Å²) in [7, 11) is 4.78. The largest absolute Gasteiger partial charge is 0.493 e. The molecule has 1 atom stereocenters. The number of para-hydroxylation sites is 2. The van der Waals surface area contributed by atoms with Gasteiger partial charge < -0.3 is 24.8 Å². The van der Waals surface area contributed by atoms with Crippen molar-refractivity contribution in [3.63, 3.8) is 0 Å². The molecule has 0 unspecified atom stereocenters.